The molecule has 20 heavy (non-hydrogen) atoms. The van der Waals surface area contributed by atoms with Gasteiger partial charge in [-0.1, -0.05) is 23.7 Å². The molecular formula is C14H19ClF3NO. The third-order valence-corrected chi connectivity index (χ3v) is 3.31. The highest BCUT2D eigenvalue weighted by Gasteiger charge is 2.27. The van der Waals surface area contributed by atoms with E-state index in [1.165, 1.54) is 0 Å². The zero-order chi connectivity index (χ0) is 15.2. The SMILES string of the molecule is CNC(CCOCC(F)(F)F)Cc1ccc(C)cc1Cl. The van der Waals surface area contributed by atoms with Crippen LogP contribution in [0.5, 0.6) is 0 Å². The van der Waals surface area contributed by atoms with Crippen LogP contribution >= 0.6 is 11.6 Å². The van der Waals surface area contributed by atoms with Crippen LogP contribution in [0.15, 0.2) is 18.2 Å². The molecule has 0 aliphatic carbocycles. The van der Waals surface area contributed by atoms with Crippen LogP contribution in [-0.2, 0) is 11.2 Å². The topological polar surface area (TPSA) is 21.3 Å². The van der Waals surface area contributed by atoms with E-state index < -0.39 is 12.8 Å². The average molecular weight is 310 g/mol. The number of hydrogen-bond acceptors (Lipinski definition) is 2. The monoisotopic (exact) mass is 309 g/mol. The van der Waals surface area contributed by atoms with Crippen LogP contribution in [0.4, 0.5) is 13.2 Å². The molecule has 1 unspecified atom stereocenters. The molecule has 1 N–H and O–H groups in total. The molecule has 0 bridgehead atoms. The van der Waals surface area contributed by atoms with Crippen molar-refractivity contribution in [3.8, 4) is 0 Å². The first-order valence-corrected chi connectivity index (χ1v) is 6.76. The number of ether oxygens (including phenoxy) is 1. The summed E-state index contributed by atoms with van der Waals surface area (Å²) in [4.78, 5) is 0. The Morgan fingerprint density at radius 2 is 2.05 bits per heavy atom. The van der Waals surface area contributed by atoms with Gasteiger partial charge in [-0.25, -0.2) is 0 Å². The van der Waals surface area contributed by atoms with Crippen LogP contribution in [0.2, 0.25) is 5.02 Å². The lowest BCUT2D eigenvalue weighted by atomic mass is 10.0. The molecule has 0 aromatic heterocycles. The van der Waals surface area contributed by atoms with E-state index in [2.05, 4.69) is 10.1 Å². The van der Waals surface area contributed by atoms with E-state index in [1.54, 1.807) is 7.05 Å². The van der Waals surface area contributed by atoms with Crippen molar-refractivity contribution < 1.29 is 17.9 Å². The maximum atomic E-state index is 11.9. The van der Waals surface area contributed by atoms with Crippen molar-refractivity contribution in [3.05, 3.63) is 34.3 Å². The smallest absolute Gasteiger partial charge is 0.372 e. The number of alkyl halides is 3. The fourth-order valence-corrected chi connectivity index (χ4v) is 2.16. The summed E-state index contributed by atoms with van der Waals surface area (Å²) in [6, 6.07) is 5.82. The van der Waals surface area contributed by atoms with E-state index in [1.807, 2.05) is 25.1 Å². The summed E-state index contributed by atoms with van der Waals surface area (Å²) in [6.45, 7) is 0.819. The number of benzene rings is 1. The number of nitrogens with one attached hydrogen (secondary N) is 1. The number of aryl methyl sites for hydroxylation is 1. The van der Waals surface area contributed by atoms with Crippen molar-refractivity contribution in [2.75, 3.05) is 20.3 Å². The second kappa shape index (κ2) is 7.86. The average Bonchev–Trinajstić information content (AvgIpc) is 2.34. The molecule has 0 amide bonds. The minimum atomic E-state index is -4.27. The van der Waals surface area contributed by atoms with E-state index >= 15 is 0 Å². The molecule has 2 nitrogen and oxygen atoms in total. The molecule has 1 aromatic rings. The molecule has 0 heterocycles. The normalized spacial score (nSPS) is 13.5. The first kappa shape index (κ1) is 17.3. The molecule has 6 heteroatoms. The van der Waals surface area contributed by atoms with Crippen molar-refractivity contribution in [1.29, 1.82) is 0 Å². The fourth-order valence-electron chi connectivity index (χ4n) is 1.85. The Morgan fingerprint density at radius 3 is 2.60 bits per heavy atom. The quantitative estimate of drug-likeness (QED) is 0.775. The maximum Gasteiger partial charge on any atom is 0.411 e. The van der Waals surface area contributed by atoms with Crippen LogP contribution in [0, 0.1) is 6.92 Å². The molecule has 0 radical (unpaired) electrons. The van der Waals surface area contributed by atoms with E-state index in [4.69, 9.17) is 11.6 Å². The number of likely N-dealkylation sites (N-methyl/N-ethyl adjacent to an activating group) is 1. The molecule has 1 rings (SSSR count). The van der Waals surface area contributed by atoms with Gasteiger partial charge in [-0.05, 0) is 44.0 Å². The molecule has 0 spiro atoms. The Hall–Kier alpha value is -0.780. The van der Waals surface area contributed by atoms with Gasteiger partial charge in [0.25, 0.3) is 0 Å². The highest BCUT2D eigenvalue weighted by Crippen LogP contribution is 2.20. The van der Waals surface area contributed by atoms with E-state index in [-0.39, 0.29) is 12.6 Å². The van der Waals surface area contributed by atoms with E-state index in [0.717, 1.165) is 11.1 Å². The van der Waals surface area contributed by atoms with Gasteiger partial charge in [0.2, 0.25) is 0 Å². The van der Waals surface area contributed by atoms with Crippen LogP contribution in [-0.4, -0.2) is 32.5 Å². The minimum absolute atomic E-state index is 0.0310. The molecular weight excluding hydrogens is 291 g/mol. The number of hydrogen-bond donors (Lipinski definition) is 1. The summed E-state index contributed by atoms with van der Waals surface area (Å²) in [5.74, 6) is 0. The summed E-state index contributed by atoms with van der Waals surface area (Å²) in [6.07, 6.45) is -3.11. The lowest BCUT2D eigenvalue weighted by molar-refractivity contribution is -0.174. The molecule has 0 aliphatic rings. The third kappa shape index (κ3) is 6.59. The van der Waals surface area contributed by atoms with Crippen LogP contribution in [0.25, 0.3) is 0 Å². The van der Waals surface area contributed by atoms with Crippen molar-refractivity contribution >= 4 is 11.6 Å². The lowest BCUT2D eigenvalue weighted by Gasteiger charge is -2.17. The van der Waals surface area contributed by atoms with Gasteiger partial charge < -0.3 is 10.1 Å². The Kier molecular flexibility index (Phi) is 6.79. The van der Waals surface area contributed by atoms with Crippen LogP contribution in [0.3, 0.4) is 0 Å². The number of halogens is 4. The minimum Gasteiger partial charge on any atom is -0.372 e. The summed E-state index contributed by atoms with van der Waals surface area (Å²) < 4.78 is 40.4. The van der Waals surface area contributed by atoms with Crippen molar-refractivity contribution in [1.82, 2.24) is 5.32 Å². The molecule has 0 fully saturated rings. The molecule has 1 aromatic carbocycles. The van der Waals surface area contributed by atoms with Crippen molar-refractivity contribution in [3.63, 3.8) is 0 Å². The Bertz CT molecular complexity index is 423. The second-order valence-electron chi connectivity index (χ2n) is 4.74. The first-order valence-electron chi connectivity index (χ1n) is 6.38. The predicted octanol–water partition coefficient (Wildman–Crippen LogP) is 3.75. The van der Waals surface area contributed by atoms with Gasteiger partial charge in [0, 0.05) is 17.7 Å². The van der Waals surface area contributed by atoms with Gasteiger partial charge >= 0.3 is 6.18 Å². The molecule has 0 saturated heterocycles. The summed E-state index contributed by atoms with van der Waals surface area (Å²) in [5.41, 5.74) is 2.06. The second-order valence-corrected chi connectivity index (χ2v) is 5.15. The molecule has 114 valence electrons. The fraction of sp³-hybridized carbons (Fsp3) is 0.571. The predicted molar refractivity (Wildman–Crippen MR) is 74.2 cm³/mol. The summed E-state index contributed by atoms with van der Waals surface area (Å²) in [7, 11) is 1.77. The lowest BCUT2D eigenvalue weighted by Crippen LogP contribution is -2.30. The molecule has 1 atom stereocenters. The highest BCUT2D eigenvalue weighted by molar-refractivity contribution is 6.31. The Labute approximate surface area is 122 Å². The van der Waals surface area contributed by atoms with Crippen LogP contribution in [0.1, 0.15) is 17.5 Å². The highest BCUT2D eigenvalue weighted by atomic mass is 35.5. The van der Waals surface area contributed by atoms with E-state index in [0.29, 0.717) is 17.9 Å². The standard InChI is InChI=1S/C14H19ClF3NO/c1-10-3-4-11(13(15)7-10)8-12(19-2)5-6-20-9-14(16,17)18/h3-4,7,12,19H,5-6,8-9H2,1-2H3. The summed E-state index contributed by atoms with van der Waals surface area (Å²) >= 11 is 6.14. The van der Waals surface area contributed by atoms with Gasteiger partial charge in [-0.2, -0.15) is 13.2 Å². The van der Waals surface area contributed by atoms with Gasteiger partial charge in [-0.15, -0.1) is 0 Å². The number of rotatable bonds is 7. The van der Waals surface area contributed by atoms with Crippen LogP contribution < -0.4 is 5.32 Å². The van der Waals surface area contributed by atoms with Gasteiger partial charge in [0.15, 0.2) is 0 Å². The Morgan fingerprint density at radius 1 is 1.35 bits per heavy atom. The molecule has 0 aliphatic heterocycles. The van der Waals surface area contributed by atoms with Gasteiger partial charge in [0.1, 0.15) is 6.61 Å². The van der Waals surface area contributed by atoms with Crippen molar-refractivity contribution in [2.45, 2.75) is 32.0 Å². The Balaban J connectivity index is 2.43. The van der Waals surface area contributed by atoms with Gasteiger partial charge in [-0.3, -0.25) is 0 Å². The van der Waals surface area contributed by atoms with E-state index in [9.17, 15) is 13.2 Å². The molecule has 0 saturated carbocycles. The first-order chi connectivity index (χ1) is 9.31. The maximum absolute atomic E-state index is 11.9. The third-order valence-electron chi connectivity index (χ3n) is 2.96. The largest absolute Gasteiger partial charge is 0.411 e. The van der Waals surface area contributed by atoms with Gasteiger partial charge in [0.05, 0.1) is 0 Å². The zero-order valence-corrected chi connectivity index (χ0v) is 12.3. The van der Waals surface area contributed by atoms with Crippen molar-refractivity contribution in [2.24, 2.45) is 0 Å². The zero-order valence-electron chi connectivity index (χ0n) is 11.6. The summed E-state index contributed by atoms with van der Waals surface area (Å²) in [5, 5.41) is 3.75.